The maximum absolute atomic E-state index is 5.86. The molecule has 1 aromatic carbocycles. The Kier molecular flexibility index (Phi) is 3.33. The number of rotatable bonds is 4. The van der Waals surface area contributed by atoms with Crippen LogP contribution in [0.3, 0.4) is 0 Å². The molecule has 2 heterocycles. The van der Waals surface area contributed by atoms with E-state index in [1.54, 1.807) is 7.11 Å². The lowest BCUT2D eigenvalue weighted by atomic mass is 9.95. The molecule has 5 heteroatoms. The van der Waals surface area contributed by atoms with Gasteiger partial charge in [0.1, 0.15) is 10.7 Å². The van der Waals surface area contributed by atoms with Gasteiger partial charge in [-0.05, 0) is 31.4 Å². The van der Waals surface area contributed by atoms with Gasteiger partial charge in [-0.3, -0.25) is 0 Å². The van der Waals surface area contributed by atoms with E-state index in [-0.39, 0.29) is 0 Å². The summed E-state index contributed by atoms with van der Waals surface area (Å²) in [6, 6.07) is 6.06. The number of anilines is 1. The van der Waals surface area contributed by atoms with Crippen molar-refractivity contribution in [2.45, 2.75) is 37.5 Å². The van der Waals surface area contributed by atoms with E-state index in [9.17, 15) is 0 Å². The van der Waals surface area contributed by atoms with E-state index in [4.69, 9.17) is 27.4 Å². The lowest BCUT2D eigenvalue weighted by Gasteiger charge is -2.23. The van der Waals surface area contributed by atoms with Gasteiger partial charge in [0, 0.05) is 17.3 Å². The summed E-state index contributed by atoms with van der Waals surface area (Å²) in [5, 5.41) is 3.52. The molecule has 3 rings (SSSR count). The average molecular weight is 278 g/mol. The van der Waals surface area contributed by atoms with Gasteiger partial charge in [-0.1, -0.05) is 12.2 Å². The van der Waals surface area contributed by atoms with E-state index < -0.39 is 0 Å². The Balaban J connectivity index is 1.84. The molecule has 102 valence electrons. The molecule has 2 aliphatic rings. The molecule has 19 heavy (non-hydrogen) atoms. The highest BCUT2D eigenvalue weighted by Gasteiger charge is 2.40. The van der Waals surface area contributed by atoms with Crippen LogP contribution in [-0.4, -0.2) is 30.3 Å². The normalized spacial score (nSPS) is 28.4. The molecular weight excluding hydrogens is 260 g/mol. The van der Waals surface area contributed by atoms with E-state index in [1.807, 2.05) is 18.2 Å². The predicted molar refractivity (Wildman–Crippen MR) is 78.8 cm³/mol. The van der Waals surface area contributed by atoms with Crippen molar-refractivity contribution < 1.29 is 9.47 Å². The van der Waals surface area contributed by atoms with Crippen LogP contribution in [0.5, 0.6) is 5.75 Å². The zero-order valence-corrected chi connectivity index (χ0v) is 11.7. The van der Waals surface area contributed by atoms with Crippen LogP contribution in [0.25, 0.3) is 0 Å². The van der Waals surface area contributed by atoms with Crippen LogP contribution in [0.2, 0.25) is 0 Å². The van der Waals surface area contributed by atoms with Crippen LogP contribution >= 0.6 is 12.2 Å². The minimum Gasteiger partial charge on any atom is -0.497 e. The molecule has 0 aromatic heterocycles. The predicted octanol–water partition coefficient (Wildman–Crippen LogP) is 2.06. The van der Waals surface area contributed by atoms with Gasteiger partial charge in [-0.15, -0.1) is 0 Å². The highest BCUT2D eigenvalue weighted by Crippen LogP contribution is 2.37. The fourth-order valence-corrected chi connectivity index (χ4v) is 3.15. The van der Waals surface area contributed by atoms with Gasteiger partial charge >= 0.3 is 0 Å². The molecule has 0 aliphatic carbocycles. The molecule has 3 N–H and O–H groups in total. The monoisotopic (exact) mass is 278 g/mol. The van der Waals surface area contributed by atoms with Gasteiger partial charge in [-0.25, -0.2) is 0 Å². The van der Waals surface area contributed by atoms with E-state index in [1.165, 1.54) is 6.42 Å². The topological polar surface area (TPSA) is 56.5 Å². The Morgan fingerprint density at radius 3 is 2.89 bits per heavy atom. The number of fused-ring (bicyclic) bond motifs is 2. The Morgan fingerprint density at radius 1 is 1.47 bits per heavy atom. The Hall–Kier alpha value is -1.33. The second-order valence-corrected chi connectivity index (χ2v) is 5.58. The van der Waals surface area contributed by atoms with Gasteiger partial charge in [-0.2, -0.15) is 0 Å². The number of benzene rings is 1. The third kappa shape index (κ3) is 2.40. The summed E-state index contributed by atoms with van der Waals surface area (Å²) in [4.78, 5) is 0.397. The van der Waals surface area contributed by atoms with Crippen molar-refractivity contribution in [2.24, 2.45) is 5.73 Å². The third-order valence-electron chi connectivity index (χ3n) is 3.94. The Morgan fingerprint density at radius 2 is 2.32 bits per heavy atom. The number of thiocarbonyl (C=S) groups is 1. The maximum Gasteiger partial charge on any atom is 0.120 e. The summed E-state index contributed by atoms with van der Waals surface area (Å²) in [5.74, 6) is 0.798. The summed E-state index contributed by atoms with van der Waals surface area (Å²) < 4.78 is 11.1. The lowest BCUT2D eigenvalue weighted by molar-refractivity contribution is 0.102. The Bertz CT molecular complexity index is 506. The number of ether oxygens (including phenoxy) is 2. The smallest absolute Gasteiger partial charge is 0.120 e. The highest BCUT2D eigenvalue weighted by atomic mass is 32.1. The van der Waals surface area contributed by atoms with Gasteiger partial charge in [0.2, 0.25) is 0 Å². The first-order chi connectivity index (χ1) is 9.17. The van der Waals surface area contributed by atoms with Crippen molar-refractivity contribution in [3.05, 3.63) is 23.8 Å². The largest absolute Gasteiger partial charge is 0.497 e. The van der Waals surface area contributed by atoms with Crippen LogP contribution in [0, 0.1) is 0 Å². The molecule has 0 amide bonds. The zero-order valence-electron chi connectivity index (χ0n) is 10.9. The fourth-order valence-electron chi connectivity index (χ4n) is 2.97. The molecular formula is C14H18N2O2S. The van der Waals surface area contributed by atoms with Crippen molar-refractivity contribution in [1.29, 1.82) is 0 Å². The van der Waals surface area contributed by atoms with Crippen molar-refractivity contribution >= 4 is 22.9 Å². The van der Waals surface area contributed by atoms with Crippen LogP contribution in [0.1, 0.15) is 24.8 Å². The molecule has 0 saturated carbocycles. The molecule has 2 aliphatic heterocycles. The molecule has 1 aromatic rings. The summed E-state index contributed by atoms with van der Waals surface area (Å²) in [6.45, 7) is 0. The molecule has 2 fully saturated rings. The van der Waals surface area contributed by atoms with Crippen molar-refractivity contribution in [3.63, 3.8) is 0 Å². The van der Waals surface area contributed by atoms with Gasteiger partial charge in [0.05, 0.1) is 25.4 Å². The summed E-state index contributed by atoms with van der Waals surface area (Å²) in [5.41, 5.74) is 7.57. The molecule has 3 unspecified atom stereocenters. The van der Waals surface area contributed by atoms with Crippen molar-refractivity contribution in [2.75, 3.05) is 12.4 Å². The molecule has 2 bridgehead atoms. The maximum atomic E-state index is 5.86. The second-order valence-electron chi connectivity index (χ2n) is 5.14. The minimum atomic E-state index is 0.315. The summed E-state index contributed by atoms with van der Waals surface area (Å²) in [7, 11) is 1.65. The molecule has 0 spiro atoms. The Labute approximate surface area is 118 Å². The van der Waals surface area contributed by atoms with E-state index in [0.717, 1.165) is 29.8 Å². The highest BCUT2D eigenvalue weighted by molar-refractivity contribution is 7.80. The average Bonchev–Trinajstić information content (AvgIpc) is 3.00. The molecule has 3 atom stereocenters. The number of hydrogen-bond acceptors (Lipinski definition) is 4. The molecule has 4 nitrogen and oxygen atoms in total. The van der Waals surface area contributed by atoms with E-state index >= 15 is 0 Å². The molecule has 0 radical (unpaired) electrons. The van der Waals surface area contributed by atoms with E-state index in [2.05, 4.69) is 5.32 Å². The van der Waals surface area contributed by atoms with Crippen LogP contribution in [0.4, 0.5) is 5.69 Å². The summed E-state index contributed by atoms with van der Waals surface area (Å²) in [6.07, 6.45) is 4.10. The zero-order chi connectivity index (χ0) is 13.4. The number of hydrogen-bond donors (Lipinski definition) is 2. The number of nitrogens with one attached hydrogen (secondary N) is 1. The van der Waals surface area contributed by atoms with Crippen LogP contribution in [0.15, 0.2) is 18.2 Å². The van der Waals surface area contributed by atoms with Gasteiger partial charge in [0.25, 0.3) is 0 Å². The van der Waals surface area contributed by atoms with Crippen molar-refractivity contribution in [1.82, 2.24) is 0 Å². The second kappa shape index (κ2) is 4.98. The quantitative estimate of drug-likeness (QED) is 0.826. The van der Waals surface area contributed by atoms with Crippen LogP contribution in [-0.2, 0) is 4.74 Å². The fraction of sp³-hybridized carbons (Fsp3) is 0.500. The van der Waals surface area contributed by atoms with Gasteiger partial charge in [0.15, 0.2) is 0 Å². The number of nitrogens with two attached hydrogens (primary N) is 1. The first-order valence-corrected chi connectivity index (χ1v) is 6.98. The third-order valence-corrected chi connectivity index (χ3v) is 4.16. The van der Waals surface area contributed by atoms with Crippen molar-refractivity contribution in [3.8, 4) is 5.75 Å². The first-order valence-electron chi connectivity index (χ1n) is 6.57. The first kappa shape index (κ1) is 12.7. The molecule has 2 saturated heterocycles. The number of methoxy groups -OCH3 is 1. The van der Waals surface area contributed by atoms with Gasteiger partial charge < -0.3 is 20.5 Å². The lowest BCUT2D eigenvalue weighted by Crippen LogP contribution is -2.31. The minimum absolute atomic E-state index is 0.315. The summed E-state index contributed by atoms with van der Waals surface area (Å²) >= 11 is 5.10. The van der Waals surface area contributed by atoms with Crippen LogP contribution < -0.4 is 15.8 Å². The standard InChI is InChI=1S/C14H18N2O2S/c1-17-8-2-4-10(14(15)19)11(6-8)16-12-7-9-3-5-13(12)18-9/h2,4,6,9,12-13,16H,3,5,7H2,1H3,(H2,15,19). The SMILES string of the molecule is COc1ccc(C(N)=S)c(NC2CC3CCC2O3)c1. The van der Waals surface area contributed by atoms with E-state index in [0.29, 0.717) is 23.2 Å².